The molecule has 35 heavy (non-hydrogen) atoms. The standard InChI is InChI=1S/C26H28N2O7/c29-24(28-10-12-33-15-22(28)25(30)31)23-16(9-11-34-23)13-27-26(32)35-14-21-19-7-3-1-5-17(19)18-6-2-4-8-20(18)21/h1-8,16,21-23H,9-15H2,(H,27,32)(H,30,31)/t16-,22?,23-/m1/s1. The average molecular weight is 481 g/mol. The van der Waals surface area contributed by atoms with E-state index >= 15 is 0 Å². The largest absolute Gasteiger partial charge is 0.480 e. The van der Waals surface area contributed by atoms with E-state index in [2.05, 4.69) is 29.6 Å². The Morgan fingerprint density at radius 1 is 1.03 bits per heavy atom. The molecule has 5 rings (SSSR count). The molecule has 9 nitrogen and oxygen atoms in total. The molecule has 2 amide bonds. The van der Waals surface area contributed by atoms with E-state index in [-0.39, 0.29) is 50.7 Å². The molecule has 2 heterocycles. The minimum atomic E-state index is -1.11. The Kier molecular flexibility index (Phi) is 6.70. The van der Waals surface area contributed by atoms with Crippen LogP contribution in [-0.2, 0) is 23.8 Å². The fraction of sp³-hybridized carbons (Fsp3) is 0.423. The highest BCUT2D eigenvalue weighted by atomic mass is 16.5. The van der Waals surface area contributed by atoms with Gasteiger partial charge in [-0.15, -0.1) is 0 Å². The Morgan fingerprint density at radius 2 is 1.71 bits per heavy atom. The fourth-order valence-electron chi connectivity index (χ4n) is 5.22. The third-order valence-corrected chi connectivity index (χ3v) is 7.01. The van der Waals surface area contributed by atoms with Crippen LogP contribution < -0.4 is 5.32 Å². The van der Waals surface area contributed by atoms with Gasteiger partial charge in [-0.1, -0.05) is 48.5 Å². The Morgan fingerprint density at radius 3 is 2.40 bits per heavy atom. The molecule has 0 aromatic heterocycles. The lowest BCUT2D eigenvalue weighted by atomic mass is 9.98. The van der Waals surface area contributed by atoms with Crippen LogP contribution in [0.2, 0.25) is 0 Å². The number of morpholine rings is 1. The van der Waals surface area contributed by atoms with Gasteiger partial charge < -0.3 is 29.5 Å². The molecule has 2 fully saturated rings. The van der Waals surface area contributed by atoms with Crippen molar-refractivity contribution < 1.29 is 33.7 Å². The Labute approximate surface area is 203 Å². The van der Waals surface area contributed by atoms with E-state index in [1.807, 2.05) is 24.3 Å². The maximum absolute atomic E-state index is 13.0. The second-order valence-corrected chi connectivity index (χ2v) is 9.01. The second-order valence-electron chi connectivity index (χ2n) is 9.01. The van der Waals surface area contributed by atoms with Crippen molar-refractivity contribution in [2.75, 3.05) is 39.5 Å². The van der Waals surface area contributed by atoms with Crippen LogP contribution >= 0.6 is 0 Å². The zero-order valence-corrected chi connectivity index (χ0v) is 19.2. The molecule has 3 aliphatic rings. The minimum Gasteiger partial charge on any atom is -0.480 e. The van der Waals surface area contributed by atoms with E-state index in [4.69, 9.17) is 14.2 Å². The average Bonchev–Trinajstić information content (AvgIpc) is 3.48. The maximum Gasteiger partial charge on any atom is 0.407 e. The lowest BCUT2D eigenvalue weighted by Crippen LogP contribution is -2.56. The first-order valence-corrected chi connectivity index (χ1v) is 11.9. The zero-order valence-electron chi connectivity index (χ0n) is 19.2. The quantitative estimate of drug-likeness (QED) is 0.652. The minimum absolute atomic E-state index is 0.0356. The summed E-state index contributed by atoms with van der Waals surface area (Å²) < 4.78 is 16.4. The highest BCUT2D eigenvalue weighted by molar-refractivity contribution is 5.87. The topological polar surface area (TPSA) is 114 Å². The summed E-state index contributed by atoms with van der Waals surface area (Å²) in [5.41, 5.74) is 4.58. The molecular formula is C26H28N2O7. The third-order valence-electron chi connectivity index (χ3n) is 7.01. The summed E-state index contributed by atoms with van der Waals surface area (Å²) >= 11 is 0. The van der Waals surface area contributed by atoms with Gasteiger partial charge in [-0.2, -0.15) is 0 Å². The lowest BCUT2D eigenvalue weighted by molar-refractivity contribution is -0.163. The van der Waals surface area contributed by atoms with Crippen molar-refractivity contribution >= 4 is 18.0 Å². The number of carbonyl (C=O) groups is 3. The molecule has 2 aromatic rings. The highest BCUT2D eigenvalue weighted by Crippen LogP contribution is 2.44. The fourth-order valence-corrected chi connectivity index (χ4v) is 5.22. The van der Waals surface area contributed by atoms with Gasteiger partial charge >= 0.3 is 12.1 Å². The number of nitrogens with zero attached hydrogens (tertiary/aromatic N) is 1. The summed E-state index contributed by atoms with van der Waals surface area (Å²) in [6.45, 7) is 1.21. The summed E-state index contributed by atoms with van der Waals surface area (Å²) in [4.78, 5) is 38.4. The lowest BCUT2D eigenvalue weighted by Gasteiger charge is -2.35. The van der Waals surface area contributed by atoms with Crippen LogP contribution in [-0.4, -0.2) is 79.6 Å². The number of carboxylic acids is 1. The number of benzene rings is 2. The Hall–Kier alpha value is -3.43. The van der Waals surface area contributed by atoms with Crippen LogP contribution in [0.25, 0.3) is 11.1 Å². The normalized spacial score (nSPS) is 23.4. The number of carbonyl (C=O) groups excluding carboxylic acids is 2. The van der Waals surface area contributed by atoms with Gasteiger partial charge in [-0.25, -0.2) is 9.59 Å². The van der Waals surface area contributed by atoms with E-state index < -0.39 is 24.2 Å². The van der Waals surface area contributed by atoms with Crippen LogP contribution in [0.15, 0.2) is 48.5 Å². The summed E-state index contributed by atoms with van der Waals surface area (Å²) in [5.74, 6) is -1.78. The van der Waals surface area contributed by atoms with Crippen molar-refractivity contribution in [3.05, 3.63) is 59.7 Å². The molecule has 2 saturated heterocycles. The van der Waals surface area contributed by atoms with Crippen LogP contribution in [0.1, 0.15) is 23.5 Å². The second kappa shape index (κ2) is 10.1. The summed E-state index contributed by atoms with van der Waals surface area (Å²) in [6, 6.07) is 15.2. The van der Waals surface area contributed by atoms with Crippen LogP contribution in [0.4, 0.5) is 4.79 Å². The summed E-state index contributed by atoms with van der Waals surface area (Å²) in [6.07, 6.45) is -0.772. The number of rotatable bonds is 6. The van der Waals surface area contributed by atoms with Gasteiger partial charge in [0, 0.05) is 31.5 Å². The Bertz CT molecular complexity index is 1070. The molecule has 1 aliphatic carbocycles. The van der Waals surface area contributed by atoms with Crippen molar-refractivity contribution in [3.63, 3.8) is 0 Å². The SMILES string of the molecule is O=C(NC[C@H]1CCO[C@H]1C(=O)N1CCOCC1C(=O)O)OCC1c2ccccc2-c2ccccc21. The first kappa shape index (κ1) is 23.3. The Balaban J connectivity index is 1.17. The van der Waals surface area contributed by atoms with Gasteiger partial charge in [0.2, 0.25) is 0 Å². The molecule has 0 radical (unpaired) electrons. The van der Waals surface area contributed by atoms with Crippen molar-refractivity contribution in [3.8, 4) is 11.1 Å². The smallest absolute Gasteiger partial charge is 0.407 e. The predicted octanol–water partition coefficient (Wildman–Crippen LogP) is 2.24. The molecule has 1 unspecified atom stereocenters. The number of hydrogen-bond acceptors (Lipinski definition) is 6. The first-order valence-electron chi connectivity index (χ1n) is 11.9. The van der Waals surface area contributed by atoms with Crippen molar-refractivity contribution in [2.24, 2.45) is 5.92 Å². The van der Waals surface area contributed by atoms with Crippen LogP contribution in [0.3, 0.4) is 0 Å². The van der Waals surface area contributed by atoms with E-state index in [1.165, 1.54) is 4.90 Å². The molecule has 0 bridgehead atoms. The molecule has 2 N–H and O–H groups in total. The van der Waals surface area contributed by atoms with E-state index in [9.17, 15) is 19.5 Å². The third kappa shape index (κ3) is 4.61. The van der Waals surface area contributed by atoms with E-state index in [0.29, 0.717) is 13.0 Å². The van der Waals surface area contributed by atoms with Crippen molar-refractivity contribution in [1.29, 1.82) is 0 Å². The molecule has 184 valence electrons. The number of hydrogen-bond donors (Lipinski definition) is 2. The number of aliphatic carboxylic acids is 1. The molecule has 0 spiro atoms. The molecular weight excluding hydrogens is 452 g/mol. The maximum atomic E-state index is 13.0. The highest BCUT2D eigenvalue weighted by Gasteiger charge is 2.42. The number of amides is 2. The van der Waals surface area contributed by atoms with Gasteiger partial charge in [0.05, 0.1) is 13.2 Å². The molecule has 0 saturated carbocycles. The monoisotopic (exact) mass is 480 g/mol. The van der Waals surface area contributed by atoms with Gasteiger partial charge in [-0.3, -0.25) is 4.79 Å². The molecule has 2 aromatic carbocycles. The number of carboxylic acid groups (broad SMARTS) is 1. The first-order chi connectivity index (χ1) is 17.0. The summed E-state index contributed by atoms with van der Waals surface area (Å²) in [7, 11) is 0. The predicted molar refractivity (Wildman–Crippen MR) is 125 cm³/mol. The van der Waals surface area contributed by atoms with Gasteiger partial charge in [0.15, 0.2) is 6.04 Å². The zero-order chi connectivity index (χ0) is 24.4. The van der Waals surface area contributed by atoms with Crippen molar-refractivity contribution in [2.45, 2.75) is 24.5 Å². The van der Waals surface area contributed by atoms with Crippen LogP contribution in [0, 0.1) is 5.92 Å². The van der Waals surface area contributed by atoms with Crippen LogP contribution in [0.5, 0.6) is 0 Å². The van der Waals surface area contributed by atoms with Gasteiger partial charge in [0.1, 0.15) is 12.7 Å². The number of fused-ring (bicyclic) bond motifs is 3. The summed E-state index contributed by atoms with van der Waals surface area (Å²) in [5, 5.41) is 12.2. The molecule has 2 aliphatic heterocycles. The number of nitrogens with one attached hydrogen (secondary N) is 1. The number of alkyl carbamates (subject to hydrolysis) is 1. The molecule has 3 atom stereocenters. The van der Waals surface area contributed by atoms with E-state index in [1.54, 1.807) is 0 Å². The van der Waals surface area contributed by atoms with Gasteiger partial charge in [-0.05, 0) is 28.7 Å². The molecule has 9 heteroatoms. The van der Waals surface area contributed by atoms with E-state index in [0.717, 1.165) is 22.3 Å². The van der Waals surface area contributed by atoms with Gasteiger partial charge in [0.25, 0.3) is 5.91 Å². The number of ether oxygens (including phenoxy) is 3. The van der Waals surface area contributed by atoms with Crippen molar-refractivity contribution in [1.82, 2.24) is 10.2 Å².